The monoisotopic (exact) mass is 200 g/mol. The third-order valence-corrected chi connectivity index (χ3v) is 2.98. The fourth-order valence-corrected chi connectivity index (χ4v) is 2.20. The zero-order chi connectivity index (χ0) is 10.3. The van der Waals surface area contributed by atoms with Gasteiger partial charge in [-0.25, -0.2) is 0 Å². The molecular weight excluding hydrogens is 178 g/mol. The minimum atomic E-state index is 0.126. The smallest absolute Gasteiger partial charge is 0.103 e. The molecule has 1 rings (SSSR count). The summed E-state index contributed by atoms with van der Waals surface area (Å²) in [6.45, 7) is 9.80. The molecule has 0 aliphatic carbocycles. The second-order valence-corrected chi connectivity index (χ2v) is 4.03. The Morgan fingerprint density at radius 1 is 1.29 bits per heavy atom. The van der Waals surface area contributed by atoms with Crippen LogP contribution in [0.15, 0.2) is 12.7 Å². The third-order valence-electron chi connectivity index (χ3n) is 2.98. The van der Waals surface area contributed by atoms with Crippen molar-refractivity contribution in [1.82, 2.24) is 0 Å². The van der Waals surface area contributed by atoms with Crippen LogP contribution in [0.1, 0.15) is 12.8 Å². The lowest BCUT2D eigenvalue weighted by Crippen LogP contribution is -2.47. The Labute approximate surface area is 86.6 Å². The Hall–Kier alpha value is -0.380. The summed E-state index contributed by atoms with van der Waals surface area (Å²) in [6.07, 6.45) is 4.67. The van der Waals surface area contributed by atoms with E-state index in [0.29, 0.717) is 6.61 Å². The van der Waals surface area contributed by atoms with Gasteiger partial charge in [-0.1, -0.05) is 6.58 Å². The van der Waals surface area contributed by atoms with Gasteiger partial charge < -0.3 is 14.3 Å². The van der Waals surface area contributed by atoms with Gasteiger partial charge in [0.15, 0.2) is 0 Å². The molecule has 0 radical (unpaired) electrons. The summed E-state index contributed by atoms with van der Waals surface area (Å²) in [5, 5.41) is 8.58. The van der Waals surface area contributed by atoms with Crippen LogP contribution in [0.3, 0.4) is 0 Å². The predicted octanol–water partition coefficient (Wildman–Crippen LogP) is 0.792. The van der Waals surface area contributed by atoms with Crippen LogP contribution in [0.25, 0.3) is 0 Å². The maximum Gasteiger partial charge on any atom is 0.103 e. The van der Waals surface area contributed by atoms with Gasteiger partial charge in [0.05, 0.1) is 39.5 Å². The molecule has 1 fully saturated rings. The molecule has 1 aliphatic heterocycles. The normalized spacial score (nSPS) is 19.8. The molecule has 0 aromatic carbocycles. The highest BCUT2D eigenvalue weighted by Gasteiger charge is 2.29. The molecule has 0 unspecified atom stereocenters. The fraction of sp³-hybridized carbons (Fsp3) is 0.818. The van der Waals surface area contributed by atoms with Gasteiger partial charge in [-0.05, 0) is 6.08 Å². The van der Waals surface area contributed by atoms with Crippen LogP contribution >= 0.6 is 0 Å². The van der Waals surface area contributed by atoms with Crippen LogP contribution in [0, 0.1) is 0 Å². The highest BCUT2D eigenvalue weighted by atomic mass is 16.5. The molecule has 0 saturated carbocycles. The Bertz CT molecular complexity index is 165. The fourth-order valence-electron chi connectivity index (χ4n) is 2.20. The van der Waals surface area contributed by atoms with E-state index in [9.17, 15) is 0 Å². The Kier molecular flexibility index (Phi) is 5.15. The molecule has 1 heterocycles. The van der Waals surface area contributed by atoms with E-state index in [1.54, 1.807) is 0 Å². The number of hydrogen-bond acceptors (Lipinski definition) is 2. The van der Waals surface area contributed by atoms with E-state index in [1.165, 1.54) is 25.9 Å². The summed E-state index contributed by atoms with van der Waals surface area (Å²) in [5.74, 6) is 0. The van der Waals surface area contributed by atoms with Crippen LogP contribution in [-0.2, 0) is 4.74 Å². The van der Waals surface area contributed by atoms with Crippen LogP contribution in [-0.4, -0.2) is 55.6 Å². The lowest BCUT2D eigenvalue weighted by Gasteiger charge is -2.32. The van der Waals surface area contributed by atoms with Crippen molar-refractivity contribution in [1.29, 1.82) is 0 Å². The zero-order valence-electron chi connectivity index (χ0n) is 8.95. The maximum absolute atomic E-state index is 8.58. The molecular formula is C11H22NO2+. The van der Waals surface area contributed by atoms with Crippen LogP contribution < -0.4 is 0 Å². The number of ether oxygens (including phenoxy) is 1. The first-order chi connectivity index (χ1) is 6.83. The lowest BCUT2D eigenvalue weighted by atomic mass is 10.3. The van der Waals surface area contributed by atoms with Crippen molar-refractivity contribution < 1.29 is 14.3 Å². The Morgan fingerprint density at radius 2 is 2.00 bits per heavy atom. The highest BCUT2D eigenvalue weighted by molar-refractivity contribution is 4.68. The maximum atomic E-state index is 8.58. The van der Waals surface area contributed by atoms with Crippen LogP contribution in [0.4, 0.5) is 0 Å². The van der Waals surface area contributed by atoms with Crippen molar-refractivity contribution in [3.63, 3.8) is 0 Å². The summed E-state index contributed by atoms with van der Waals surface area (Å²) in [5.41, 5.74) is 0. The number of quaternary nitrogens is 1. The summed E-state index contributed by atoms with van der Waals surface area (Å²) < 4.78 is 6.45. The third kappa shape index (κ3) is 3.40. The number of aliphatic hydroxyl groups excluding tert-OH is 1. The summed E-state index contributed by atoms with van der Waals surface area (Å²) >= 11 is 0. The average Bonchev–Trinajstić information content (AvgIpc) is 2.63. The van der Waals surface area contributed by atoms with Crippen LogP contribution in [0.5, 0.6) is 0 Å². The summed E-state index contributed by atoms with van der Waals surface area (Å²) in [6, 6.07) is 0. The SMILES string of the molecule is C=CC[N+]1(CCOCCO)CCCC1. The van der Waals surface area contributed by atoms with Gasteiger partial charge >= 0.3 is 0 Å². The van der Waals surface area contributed by atoms with Gasteiger partial charge in [-0.2, -0.15) is 0 Å². The Morgan fingerprint density at radius 3 is 2.57 bits per heavy atom. The van der Waals surface area contributed by atoms with Crippen molar-refractivity contribution in [2.24, 2.45) is 0 Å². The molecule has 82 valence electrons. The van der Waals surface area contributed by atoms with Crippen molar-refractivity contribution in [2.75, 3.05) is 46.0 Å². The van der Waals surface area contributed by atoms with Gasteiger partial charge in [-0.15, -0.1) is 0 Å². The first-order valence-electron chi connectivity index (χ1n) is 5.47. The topological polar surface area (TPSA) is 29.5 Å². The number of aliphatic hydroxyl groups is 1. The van der Waals surface area contributed by atoms with Gasteiger partial charge in [0, 0.05) is 12.8 Å². The van der Waals surface area contributed by atoms with E-state index in [2.05, 4.69) is 6.58 Å². The number of nitrogens with zero attached hydrogens (tertiary/aromatic N) is 1. The molecule has 0 amide bonds. The number of rotatable bonds is 7. The number of hydrogen-bond donors (Lipinski definition) is 1. The molecule has 1 N–H and O–H groups in total. The molecule has 0 aromatic rings. The standard InChI is InChI=1S/C11H22NO2/c1-2-5-12(6-3-4-7-12)8-10-14-11-9-13/h2,13H,1,3-11H2/q+1. The average molecular weight is 200 g/mol. The molecule has 0 spiro atoms. The van der Waals surface area contributed by atoms with Crippen LogP contribution in [0.2, 0.25) is 0 Å². The van der Waals surface area contributed by atoms with Crippen molar-refractivity contribution >= 4 is 0 Å². The second-order valence-electron chi connectivity index (χ2n) is 4.03. The van der Waals surface area contributed by atoms with Crippen molar-refractivity contribution in [2.45, 2.75) is 12.8 Å². The van der Waals surface area contributed by atoms with Crippen molar-refractivity contribution in [3.8, 4) is 0 Å². The van der Waals surface area contributed by atoms with Gasteiger partial charge in [0.1, 0.15) is 6.54 Å². The lowest BCUT2D eigenvalue weighted by molar-refractivity contribution is -0.911. The first-order valence-corrected chi connectivity index (χ1v) is 5.47. The first kappa shape index (κ1) is 11.7. The molecule has 1 saturated heterocycles. The minimum Gasteiger partial charge on any atom is -0.394 e. The quantitative estimate of drug-likeness (QED) is 0.374. The Balaban J connectivity index is 2.24. The largest absolute Gasteiger partial charge is 0.394 e. The molecule has 14 heavy (non-hydrogen) atoms. The van der Waals surface area contributed by atoms with Crippen molar-refractivity contribution in [3.05, 3.63) is 12.7 Å². The van der Waals surface area contributed by atoms with Gasteiger partial charge in [0.2, 0.25) is 0 Å². The highest BCUT2D eigenvalue weighted by Crippen LogP contribution is 2.18. The van der Waals surface area contributed by atoms with E-state index in [-0.39, 0.29) is 6.61 Å². The summed E-state index contributed by atoms with van der Waals surface area (Å²) in [7, 11) is 0. The van der Waals surface area contributed by atoms with E-state index >= 15 is 0 Å². The predicted molar refractivity (Wildman–Crippen MR) is 57.1 cm³/mol. The van der Waals surface area contributed by atoms with Gasteiger partial charge in [0.25, 0.3) is 0 Å². The molecule has 3 heteroatoms. The molecule has 1 aliphatic rings. The molecule has 0 aromatic heterocycles. The second kappa shape index (κ2) is 6.17. The van der Waals surface area contributed by atoms with E-state index < -0.39 is 0 Å². The number of likely N-dealkylation sites (tertiary alicyclic amines) is 1. The molecule has 0 bridgehead atoms. The molecule has 3 nitrogen and oxygen atoms in total. The van der Waals surface area contributed by atoms with E-state index in [1.807, 2.05) is 6.08 Å². The summed E-state index contributed by atoms with van der Waals surface area (Å²) in [4.78, 5) is 0. The molecule has 0 atom stereocenters. The zero-order valence-corrected chi connectivity index (χ0v) is 8.95. The van der Waals surface area contributed by atoms with E-state index in [0.717, 1.165) is 24.2 Å². The minimum absolute atomic E-state index is 0.126. The van der Waals surface area contributed by atoms with Gasteiger partial charge in [-0.3, -0.25) is 0 Å². The van der Waals surface area contributed by atoms with E-state index in [4.69, 9.17) is 9.84 Å².